The first kappa shape index (κ1) is 35.9. The Bertz CT molecular complexity index is 797. The average Bonchev–Trinajstić information content (AvgIpc) is 2.78. The topological polar surface area (TPSA) is 47.9 Å². The Morgan fingerprint density at radius 3 is 1.74 bits per heavy atom. The molecule has 4 nitrogen and oxygen atoms in total. The molecule has 38 heavy (non-hydrogen) atoms. The third-order valence-electron chi connectivity index (χ3n) is 7.95. The summed E-state index contributed by atoms with van der Waals surface area (Å²) in [6.07, 6.45) is 7.22. The van der Waals surface area contributed by atoms with Crippen LogP contribution in [0.25, 0.3) is 0 Å². The fourth-order valence-electron chi connectivity index (χ4n) is 6.86. The van der Waals surface area contributed by atoms with Gasteiger partial charge in [-0.15, -0.1) is 0 Å². The Morgan fingerprint density at radius 2 is 1.26 bits per heavy atom. The van der Waals surface area contributed by atoms with Crippen molar-refractivity contribution in [1.29, 1.82) is 0 Å². The van der Waals surface area contributed by atoms with Crippen LogP contribution in [0.5, 0.6) is 11.5 Å². The molecule has 0 bridgehead atoms. The van der Waals surface area contributed by atoms with Gasteiger partial charge in [0.2, 0.25) is 0 Å². The van der Waals surface area contributed by atoms with Crippen molar-refractivity contribution in [2.75, 3.05) is 19.8 Å². The normalized spacial score (nSPS) is 14.5. The van der Waals surface area contributed by atoms with Gasteiger partial charge in [-0.3, -0.25) is 0 Å². The number of phenols is 1. The van der Waals surface area contributed by atoms with Crippen molar-refractivity contribution in [3.8, 4) is 11.5 Å². The monoisotopic (exact) mass is 632 g/mol. The van der Waals surface area contributed by atoms with Crippen LogP contribution in [0.1, 0.15) is 115 Å². The van der Waals surface area contributed by atoms with Gasteiger partial charge in [0, 0.05) is 13.2 Å². The van der Waals surface area contributed by atoms with E-state index in [9.17, 15) is 5.11 Å². The molecule has 0 spiro atoms. The first-order valence-corrected chi connectivity index (χ1v) is 20.2. The van der Waals surface area contributed by atoms with Crippen LogP contribution in [0.4, 0.5) is 0 Å². The van der Waals surface area contributed by atoms with E-state index in [1.807, 2.05) is 26.0 Å². The summed E-state index contributed by atoms with van der Waals surface area (Å²) in [6.45, 7) is 27.3. The molecule has 1 N–H and O–H groups in total. The van der Waals surface area contributed by atoms with Gasteiger partial charge in [0.15, 0.2) is 0 Å². The van der Waals surface area contributed by atoms with Crippen molar-refractivity contribution in [1.82, 2.24) is 0 Å². The van der Waals surface area contributed by atoms with Crippen molar-refractivity contribution < 1.29 is 19.3 Å². The van der Waals surface area contributed by atoms with Gasteiger partial charge >= 0.3 is 204 Å². The Hall–Kier alpha value is -0.133. The van der Waals surface area contributed by atoms with E-state index in [2.05, 4.69) is 77.8 Å². The summed E-state index contributed by atoms with van der Waals surface area (Å²) < 4.78 is 17.8. The van der Waals surface area contributed by atoms with Gasteiger partial charge in [-0.25, -0.2) is 0 Å². The van der Waals surface area contributed by atoms with Gasteiger partial charge in [0.05, 0.1) is 0 Å². The van der Waals surface area contributed by atoms with Crippen molar-refractivity contribution in [2.24, 2.45) is 0 Å². The summed E-state index contributed by atoms with van der Waals surface area (Å²) in [6, 6.07) is 6.91. The molecule has 0 atom stereocenters. The number of ether oxygens (including phenoxy) is 3. The van der Waals surface area contributed by atoms with Crippen LogP contribution < -0.4 is 10.0 Å². The minimum atomic E-state index is -2.98. The fraction of sp³-hybridized carbons (Fsp3) is 0.806. The molecular formula is C31H58BrO4PSi. The fourth-order valence-corrected chi connectivity index (χ4v) is 18.1. The molecule has 222 valence electrons. The number of hydrogen-bond donors (Lipinski definition) is 1. The maximum absolute atomic E-state index is 10.7. The number of unbranched alkanes of at least 4 members (excludes halogenated alkanes) is 5. The quantitative estimate of drug-likeness (QED) is 0.0853. The molecule has 0 aliphatic heterocycles. The van der Waals surface area contributed by atoms with Crippen molar-refractivity contribution in [3.63, 3.8) is 0 Å². The summed E-state index contributed by atoms with van der Waals surface area (Å²) >= 11 is 4.56. The van der Waals surface area contributed by atoms with E-state index in [0.717, 1.165) is 27.0 Å². The molecule has 0 aromatic heterocycles. The molecule has 0 aliphatic rings. The zero-order valence-electron chi connectivity index (χ0n) is 26.4. The molecule has 7 heteroatoms. The molecule has 0 saturated carbocycles. The molecule has 0 aliphatic carbocycles. The van der Waals surface area contributed by atoms with Crippen LogP contribution >= 0.6 is 20.8 Å². The van der Waals surface area contributed by atoms with E-state index in [1.165, 1.54) is 38.1 Å². The van der Waals surface area contributed by atoms with E-state index in [-0.39, 0.29) is 21.4 Å². The standard InChI is InChI=1S/C31H58BrO4PSi/c1-12-34-28(35-13-2)38-23-19-17-15-14-16-18-22-36-26-21-20-25(33)24-27(26)37(32,29(3,4)5,30(6,7)8)31(9,10)11/h20-21,24,28,33H,12-19,22-23H2,1-11H3. The third kappa shape index (κ3) is 7.58. The van der Waals surface area contributed by atoms with Gasteiger partial charge in [0.25, 0.3) is 0 Å². The summed E-state index contributed by atoms with van der Waals surface area (Å²) in [5.41, 5.74) is 0. The maximum atomic E-state index is 10.7. The van der Waals surface area contributed by atoms with Gasteiger partial charge in [-0.1, -0.05) is 0 Å². The number of rotatable bonds is 16. The van der Waals surface area contributed by atoms with Crippen LogP contribution in [0.2, 0.25) is 6.04 Å². The van der Waals surface area contributed by atoms with E-state index in [0.29, 0.717) is 25.6 Å². The van der Waals surface area contributed by atoms with Gasteiger partial charge in [0.1, 0.15) is 5.91 Å². The second-order valence-corrected chi connectivity index (χ2v) is 25.5. The average molecular weight is 634 g/mol. The van der Waals surface area contributed by atoms with E-state index in [1.54, 1.807) is 6.07 Å². The van der Waals surface area contributed by atoms with E-state index < -0.39 is 5.31 Å². The summed E-state index contributed by atoms with van der Waals surface area (Å²) in [5.74, 6) is 1.20. The molecule has 0 amide bonds. The van der Waals surface area contributed by atoms with E-state index in [4.69, 9.17) is 14.2 Å². The summed E-state index contributed by atoms with van der Waals surface area (Å²) in [7, 11) is 0.727. The van der Waals surface area contributed by atoms with Crippen LogP contribution in [-0.2, 0) is 9.47 Å². The van der Waals surface area contributed by atoms with Crippen LogP contribution in [0.3, 0.4) is 0 Å². The Kier molecular flexibility index (Phi) is 13.9. The van der Waals surface area contributed by atoms with Crippen LogP contribution in [0, 0.1) is 0 Å². The Morgan fingerprint density at radius 1 is 0.789 bits per heavy atom. The molecule has 0 heterocycles. The molecule has 1 rings (SSSR count). The Balaban J connectivity index is 2.82. The molecular weight excluding hydrogens is 575 g/mol. The second-order valence-electron chi connectivity index (χ2n) is 13.3. The second kappa shape index (κ2) is 14.7. The number of phenolic OH excluding ortho intramolecular Hbond substituents is 1. The molecule has 0 saturated heterocycles. The van der Waals surface area contributed by atoms with Crippen molar-refractivity contribution >= 4 is 35.6 Å². The number of hydrogen-bond acceptors (Lipinski definition) is 4. The van der Waals surface area contributed by atoms with Gasteiger partial charge in [-0.2, -0.15) is 0 Å². The number of aromatic hydroxyl groups is 1. The van der Waals surface area contributed by atoms with Gasteiger partial charge < -0.3 is 9.47 Å². The minimum absolute atomic E-state index is 0.0120. The predicted molar refractivity (Wildman–Crippen MR) is 174 cm³/mol. The first-order chi connectivity index (χ1) is 17.5. The zero-order chi connectivity index (χ0) is 29.3. The van der Waals surface area contributed by atoms with Crippen LogP contribution in [0.15, 0.2) is 18.2 Å². The van der Waals surface area contributed by atoms with Gasteiger partial charge in [-0.05, 0) is 13.8 Å². The molecule has 2 radical (unpaired) electrons. The molecule has 1 aromatic rings. The molecule has 1 aromatic carbocycles. The van der Waals surface area contributed by atoms with Crippen LogP contribution in [-0.4, -0.2) is 55.8 Å². The van der Waals surface area contributed by atoms with Crippen molar-refractivity contribution in [2.45, 2.75) is 142 Å². The number of halogens is 1. The SMILES string of the molecule is CCOC(OCC)[Si]CCCCCCCCOc1ccc(O)cc1P(Br)(C(C)(C)C)(C(C)(C)C)C(C)(C)C. The molecule has 0 fully saturated rings. The zero-order valence-corrected chi connectivity index (χ0v) is 29.9. The summed E-state index contributed by atoms with van der Waals surface area (Å²) in [5, 5.41) is 8.63. The first-order valence-electron chi connectivity index (χ1n) is 14.6. The molecule has 0 unspecified atom stereocenters. The predicted octanol–water partition coefficient (Wildman–Crippen LogP) is 9.47. The van der Waals surface area contributed by atoms with Crippen molar-refractivity contribution in [3.05, 3.63) is 18.2 Å². The van der Waals surface area contributed by atoms with E-state index >= 15 is 0 Å². The number of benzene rings is 1. The summed E-state index contributed by atoms with van der Waals surface area (Å²) in [4.78, 5) is 0. The Labute approximate surface area is 245 Å². The third-order valence-corrected chi connectivity index (χ3v) is 28.8.